The van der Waals surface area contributed by atoms with Crippen LogP contribution in [0.5, 0.6) is 5.75 Å². The summed E-state index contributed by atoms with van der Waals surface area (Å²) in [6, 6.07) is 4.28. The predicted octanol–water partition coefficient (Wildman–Crippen LogP) is 4.25. The van der Waals surface area contributed by atoms with Gasteiger partial charge in [0.15, 0.2) is 0 Å². The van der Waals surface area contributed by atoms with Crippen LogP contribution in [0.1, 0.15) is 49.8 Å². The van der Waals surface area contributed by atoms with Gasteiger partial charge in [0.25, 0.3) is 0 Å². The molecule has 0 amide bonds. The van der Waals surface area contributed by atoms with Crippen molar-refractivity contribution in [1.29, 1.82) is 0 Å². The summed E-state index contributed by atoms with van der Waals surface area (Å²) in [7, 11) is 1.70. The number of ether oxygens (including phenoxy) is 1. The second-order valence-corrected chi connectivity index (χ2v) is 5.55. The van der Waals surface area contributed by atoms with Gasteiger partial charge in [-0.05, 0) is 55.4 Å². The molecule has 0 aliphatic carbocycles. The van der Waals surface area contributed by atoms with Gasteiger partial charge in [0.2, 0.25) is 0 Å². The van der Waals surface area contributed by atoms with Crippen molar-refractivity contribution in [2.75, 3.05) is 7.11 Å². The van der Waals surface area contributed by atoms with Crippen LogP contribution in [0, 0.1) is 19.8 Å². The summed E-state index contributed by atoms with van der Waals surface area (Å²) < 4.78 is 5.33. The molecule has 0 saturated heterocycles. The third kappa shape index (κ3) is 4.70. The fraction of sp³-hybridized carbons (Fsp3) is 0.588. The van der Waals surface area contributed by atoms with Gasteiger partial charge >= 0.3 is 0 Å². The lowest BCUT2D eigenvalue weighted by Gasteiger charge is -2.15. The summed E-state index contributed by atoms with van der Waals surface area (Å²) in [6.45, 7) is 8.39. The third-order valence-corrected chi connectivity index (χ3v) is 3.53. The molecule has 0 aliphatic heterocycles. The largest absolute Gasteiger partial charge is 0.496 e. The Kier molecular flexibility index (Phi) is 6.07. The number of carbonyl (C=O) groups is 1. The van der Waals surface area contributed by atoms with Crippen LogP contribution in [-0.2, 0) is 11.2 Å². The van der Waals surface area contributed by atoms with E-state index in [1.165, 1.54) is 11.1 Å². The monoisotopic (exact) mass is 262 g/mol. The number of hydrogen-bond donors (Lipinski definition) is 0. The van der Waals surface area contributed by atoms with Crippen LogP contribution in [0.4, 0.5) is 0 Å². The first-order chi connectivity index (χ1) is 8.97. The van der Waals surface area contributed by atoms with E-state index in [4.69, 9.17) is 4.74 Å². The van der Waals surface area contributed by atoms with Crippen molar-refractivity contribution in [3.8, 4) is 5.75 Å². The quantitative estimate of drug-likeness (QED) is 0.734. The van der Waals surface area contributed by atoms with E-state index in [0.29, 0.717) is 24.5 Å². The van der Waals surface area contributed by atoms with Crippen molar-refractivity contribution >= 4 is 5.78 Å². The summed E-state index contributed by atoms with van der Waals surface area (Å²) in [6.07, 6.45) is 3.32. The highest BCUT2D eigenvalue weighted by atomic mass is 16.5. The molecule has 1 aromatic rings. The van der Waals surface area contributed by atoms with Gasteiger partial charge in [-0.25, -0.2) is 0 Å². The number of hydrogen-bond acceptors (Lipinski definition) is 2. The maximum Gasteiger partial charge on any atom is 0.133 e. The van der Waals surface area contributed by atoms with Crippen LogP contribution >= 0.6 is 0 Å². The Balaban J connectivity index is 2.71. The third-order valence-electron chi connectivity index (χ3n) is 3.53. The number of benzene rings is 1. The zero-order valence-corrected chi connectivity index (χ0v) is 12.9. The van der Waals surface area contributed by atoms with Gasteiger partial charge < -0.3 is 4.74 Å². The number of methoxy groups -OCH3 is 1. The number of Topliss-reactive ketones (excluding diaryl/α,β-unsaturated/α-hetero) is 1. The fourth-order valence-corrected chi connectivity index (χ4v) is 2.51. The molecule has 0 saturated carbocycles. The molecule has 0 heterocycles. The Bertz CT molecular complexity index is 435. The van der Waals surface area contributed by atoms with Crippen molar-refractivity contribution in [3.05, 3.63) is 28.8 Å². The van der Waals surface area contributed by atoms with E-state index in [9.17, 15) is 4.79 Å². The lowest BCUT2D eigenvalue weighted by atomic mass is 9.91. The van der Waals surface area contributed by atoms with E-state index >= 15 is 0 Å². The van der Waals surface area contributed by atoms with E-state index in [1.54, 1.807) is 7.11 Å². The molecule has 0 aromatic heterocycles. The van der Waals surface area contributed by atoms with Crippen molar-refractivity contribution in [1.82, 2.24) is 0 Å². The van der Waals surface area contributed by atoms with Crippen LogP contribution in [-0.4, -0.2) is 12.9 Å². The zero-order chi connectivity index (χ0) is 14.4. The van der Waals surface area contributed by atoms with E-state index in [-0.39, 0.29) is 0 Å². The molecule has 19 heavy (non-hydrogen) atoms. The minimum atomic E-state index is 0.387. The van der Waals surface area contributed by atoms with E-state index in [0.717, 1.165) is 24.2 Å². The molecule has 1 aromatic carbocycles. The van der Waals surface area contributed by atoms with E-state index in [2.05, 4.69) is 39.8 Å². The maximum absolute atomic E-state index is 11.7. The smallest absolute Gasteiger partial charge is 0.133 e. The van der Waals surface area contributed by atoms with Crippen LogP contribution in [0.2, 0.25) is 0 Å². The Labute approximate surface area is 117 Å². The number of rotatable bonds is 7. The molecule has 1 atom stereocenters. The summed E-state index contributed by atoms with van der Waals surface area (Å²) in [5.41, 5.74) is 3.74. The van der Waals surface area contributed by atoms with Crippen LogP contribution in [0.25, 0.3) is 0 Å². The van der Waals surface area contributed by atoms with Crippen LogP contribution in [0.3, 0.4) is 0 Å². The molecule has 0 aliphatic rings. The average Bonchev–Trinajstić information content (AvgIpc) is 2.33. The van der Waals surface area contributed by atoms with Crippen molar-refractivity contribution in [2.24, 2.45) is 5.92 Å². The standard InChI is InChI=1S/C17H26O2/c1-6-7-16(18)9-12(2)8-15-10-14(4)17(19-5)11-13(15)3/h10-12H,6-9H2,1-5H3. The number of ketones is 1. The summed E-state index contributed by atoms with van der Waals surface area (Å²) in [5.74, 6) is 1.74. The normalized spacial score (nSPS) is 12.3. The molecule has 0 bridgehead atoms. The van der Waals surface area contributed by atoms with Gasteiger partial charge in [-0.1, -0.05) is 19.9 Å². The summed E-state index contributed by atoms with van der Waals surface area (Å²) in [4.78, 5) is 11.7. The Morgan fingerprint density at radius 2 is 1.95 bits per heavy atom. The molecule has 0 fully saturated rings. The van der Waals surface area contributed by atoms with E-state index in [1.807, 2.05) is 0 Å². The zero-order valence-electron chi connectivity index (χ0n) is 12.9. The first-order valence-corrected chi connectivity index (χ1v) is 7.13. The second-order valence-electron chi connectivity index (χ2n) is 5.55. The highest BCUT2D eigenvalue weighted by Crippen LogP contribution is 2.25. The lowest BCUT2D eigenvalue weighted by molar-refractivity contribution is -0.119. The first-order valence-electron chi connectivity index (χ1n) is 7.13. The number of carbonyl (C=O) groups excluding carboxylic acids is 1. The molecule has 2 heteroatoms. The molecule has 0 radical (unpaired) electrons. The van der Waals surface area contributed by atoms with Crippen LogP contribution < -0.4 is 4.74 Å². The summed E-state index contributed by atoms with van der Waals surface area (Å²) >= 11 is 0. The first kappa shape index (κ1) is 15.7. The fourth-order valence-electron chi connectivity index (χ4n) is 2.51. The molecular formula is C17H26O2. The van der Waals surface area contributed by atoms with Gasteiger partial charge in [-0.2, -0.15) is 0 Å². The molecule has 1 rings (SSSR count). The maximum atomic E-state index is 11.7. The second kappa shape index (κ2) is 7.32. The molecule has 0 spiro atoms. The Morgan fingerprint density at radius 1 is 1.26 bits per heavy atom. The van der Waals surface area contributed by atoms with Gasteiger partial charge in [-0.3, -0.25) is 4.79 Å². The Hall–Kier alpha value is -1.31. The highest BCUT2D eigenvalue weighted by Gasteiger charge is 2.12. The van der Waals surface area contributed by atoms with Gasteiger partial charge in [-0.15, -0.1) is 0 Å². The van der Waals surface area contributed by atoms with Crippen molar-refractivity contribution < 1.29 is 9.53 Å². The molecular weight excluding hydrogens is 236 g/mol. The molecule has 1 unspecified atom stereocenters. The van der Waals surface area contributed by atoms with Crippen molar-refractivity contribution in [2.45, 2.75) is 53.4 Å². The number of aryl methyl sites for hydroxylation is 2. The topological polar surface area (TPSA) is 26.3 Å². The average molecular weight is 262 g/mol. The lowest BCUT2D eigenvalue weighted by Crippen LogP contribution is -2.09. The predicted molar refractivity (Wildman–Crippen MR) is 79.9 cm³/mol. The van der Waals surface area contributed by atoms with Gasteiger partial charge in [0.05, 0.1) is 7.11 Å². The molecule has 0 N–H and O–H groups in total. The molecule has 106 valence electrons. The summed E-state index contributed by atoms with van der Waals surface area (Å²) in [5, 5.41) is 0. The minimum Gasteiger partial charge on any atom is -0.496 e. The van der Waals surface area contributed by atoms with Crippen molar-refractivity contribution in [3.63, 3.8) is 0 Å². The van der Waals surface area contributed by atoms with Gasteiger partial charge in [0.1, 0.15) is 11.5 Å². The van der Waals surface area contributed by atoms with Gasteiger partial charge in [0, 0.05) is 12.8 Å². The minimum absolute atomic E-state index is 0.387. The Morgan fingerprint density at radius 3 is 2.53 bits per heavy atom. The van der Waals surface area contributed by atoms with E-state index < -0.39 is 0 Å². The molecule has 2 nitrogen and oxygen atoms in total. The SMILES string of the molecule is CCCC(=O)CC(C)Cc1cc(C)c(OC)cc1C. The highest BCUT2D eigenvalue weighted by molar-refractivity contribution is 5.78. The van der Waals surface area contributed by atoms with Crippen LogP contribution in [0.15, 0.2) is 12.1 Å².